The highest BCUT2D eigenvalue weighted by atomic mass is 32.1. The van der Waals surface area contributed by atoms with Crippen LogP contribution in [0.5, 0.6) is 0 Å². The van der Waals surface area contributed by atoms with Gasteiger partial charge in [0.05, 0.1) is 66.7 Å². The van der Waals surface area contributed by atoms with E-state index in [2.05, 4.69) is 150 Å². The first kappa shape index (κ1) is 58.5. The van der Waals surface area contributed by atoms with Crippen molar-refractivity contribution in [1.82, 2.24) is 74.4 Å². The zero-order valence-electron chi connectivity index (χ0n) is 53.1. The zero-order chi connectivity index (χ0) is 61.6. The number of thiazole rings is 3. The summed E-state index contributed by atoms with van der Waals surface area (Å²) in [5.41, 5.74) is 15.4. The predicted octanol–water partition coefficient (Wildman–Crippen LogP) is 13.5. The molecule has 6 saturated heterocycles. The van der Waals surface area contributed by atoms with E-state index in [0.29, 0.717) is 54.4 Å². The Morgan fingerprint density at radius 1 is 0.440 bits per heavy atom. The first-order valence-electron chi connectivity index (χ1n) is 32.9. The van der Waals surface area contributed by atoms with Crippen molar-refractivity contribution in [1.29, 1.82) is 0 Å². The fraction of sp³-hybridized carbons (Fsp3) is 0.443. The number of rotatable bonds is 9. The maximum absolute atomic E-state index is 4.93. The number of pyridine rings is 5. The van der Waals surface area contributed by atoms with Gasteiger partial charge in [-0.3, -0.25) is 19.6 Å². The average Bonchev–Trinajstić information content (AvgIpc) is 1.84. The summed E-state index contributed by atoms with van der Waals surface area (Å²) in [6.07, 6.45) is 35.5. The largest absolute Gasteiger partial charge is 0.348 e. The summed E-state index contributed by atoms with van der Waals surface area (Å²) in [4.78, 5) is 45.3. The van der Waals surface area contributed by atoms with Gasteiger partial charge in [0.2, 0.25) is 0 Å². The lowest BCUT2D eigenvalue weighted by atomic mass is 9.83. The molecule has 6 bridgehead atoms. The molecule has 6 unspecified atom stereocenters. The summed E-state index contributed by atoms with van der Waals surface area (Å²) in [5.74, 6) is 0. The second-order valence-electron chi connectivity index (χ2n) is 27.0. The van der Waals surface area contributed by atoms with Gasteiger partial charge in [0.15, 0.2) is 15.4 Å². The molecule has 18 rings (SSSR count). The molecule has 1 aromatic carbocycles. The van der Waals surface area contributed by atoms with Crippen LogP contribution in [0.25, 0.3) is 86.6 Å². The van der Waals surface area contributed by atoms with E-state index in [1.165, 1.54) is 110 Å². The van der Waals surface area contributed by atoms with Gasteiger partial charge < -0.3 is 39.5 Å². The molecular weight excluding hydrogens is 1190 g/mol. The molecule has 6 atom stereocenters. The normalized spacial score (nSPS) is 23.7. The lowest BCUT2D eigenvalue weighted by Gasteiger charge is -2.43. The second kappa shape index (κ2) is 24.2. The molecule has 0 aliphatic carbocycles. The number of fused-ring (bicyclic) bond motifs is 12. The van der Waals surface area contributed by atoms with Crippen molar-refractivity contribution in [2.75, 3.05) is 35.8 Å². The maximum Gasteiger partial charge on any atom is 0.186 e. The van der Waals surface area contributed by atoms with E-state index in [9.17, 15) is 0 Å². The van der Waals surface area contributed by atoms with Crippen molar-refractivity contribution < 1.29 is 0 Å². The second-order valence-corrected chi connectivity index (χ2v) is 30.0. The van der Waals surface area contributed by atoms with E-state index >= 15 is 0 Å². The number of nitrogens with zero attached hydrogens (tertiary/aromatic N) is 15. The molecule has 91 heavy (non-hydrogen) atoms. The fourth-order valence-corrected chi connectivity index (χ4v) is 18.6. The number of benzene rings is 1. The summed E-state index contributed by atoms with van der Waals surface area (Å²) >= 11 is 5.34. The van der Waals surface area contributed by atoms with Gasteiger partial charge in [0.25, 0.3) is 0 Å². The van der Waals surface area contributed by atoms with Gasteiger partial charge in [-0.1, -0.05) is 59.3 Å². The summed E-state index contributed by atoms with van der Waals surface area (Å²) in [6, 6.07) is 25.0. The Kier molecular flexibility index (Phi) is 15.6. The summed E-state index contributed by atoms with van der Waals surface area (Å²) in [6.45, 7) is 6.15. The molecule has 6 fully saturated rings. The predicted molar refractivity (Wildman–Crippen MR) is 372 cm³/mol. The van der Waals surface area contributed by atoms with E-state index in [4.69, 9.17) is 29.9 Å². The third-order valence-electron chi connectivity index (χ3n) is 20.3. The van der Waals surface area contributed by atoms with Crippen LogP contribution in [0.15, 0.2) is 104 Å². The van der Waals surface area contributed by atoms with Crippen molar-refractivity contribution >= 4 is 102 Å². The molecule has 21 heteroatoms. The Bertz CT molecular complexity index is 4420. The average molecular weight is 1270 g/mol. The van der Waals surface area contributed by atoms with Crippen LogP contribution in [-0.2, 0) is 7.05 Å². The Hall–Kier alpha value is -7.53. The number of anilines is 3. The molecule has 3 N–H and O–H groups in total. The van der Waals surface area contributed by atoms with E-state index in [0.717, 1.165) is 105 Å². The Morgan fingerprint density at radius 3 is 1.36 bits per heavy atom. The Labute approximate surface area is 542 Å². The van der Waals surface area contributed by atoms with Crippen molar-refractivity contribution in [2.24, 2.45) is 7.05 Å². The van der Waals surface area contributed by atoms with Crippen molar-refractivity contribution in [2.45, 2.75) is 171 Å². The number of hydrogen-bond acceptors (Lipinski definition) is 18. The summed E-state index contributed by atoms with van der Waals surface area (Å²) < 4.78 is 9.61. The molecule has 0 saturated carbocycles. The molecule has 0 radical (unpaired) electrons. The van der Waals surface area contributed by atoms with Crippen LogP contribution in [0.4, 0.5) is 15.4 Å². The number of imidazole rings is 2. The molecule has 0 amide bonds. The van der Waals surface area contributed by atoms with Crippen LogP contribution in [0.2, 0.25) is 0 Å². The maximum atomic E-state index is 4.93. The quantitative estimate of drug-likeness (QED) is 0.124. The van der Waals surface area contributed by atoms with Crippen LogP contribution in [0.1, 0.15) is 113 Å². The smallest absolute Gasteiger partial charge is 0.186 e. The Balaban J connectivity index is 0.000000109. The van der Waals surface area contributed by atoms with Gasteiger partial charge in [-0.15, -0.1) is 0 Å². The highest BCUT2D eigenvalue weighted by molar-refractivity contribution is 7.23. The van der Waals surface area contributed by atoms with Gasteiger partial charge in [0, 0.05) is 136 Å². The van der Waals surface area contributed by atoms with Crippen LogP contribution < -0.4 is 30.7 Å². The van der Waals surface area contributed by atoms with Crippen LogP contribution in [0, 0.1) is 20.8 Å². The molecule has 6 aliphatic rings. The van der Waals surface area contributed by atoms with Gasteiger partial charge in [-0.2, -0.15) is 5.10 Å². The van der Waals surface area contributed by atoms with Crippen LogP contribution in [0.3, 0.4) is 0 Å². The molecule has 17 heterocycles. The lowest BCUT2D eigenvalue weighted by Crippen LogP contribution is -2.54. The highest BCUT2D eigenvalue weighted by Gasteiger charge is 2.37. The molecule has 18 nitrogen and oxygen atoms in total. The third-order valence-corrected chi connectivity index (χ3v) is 23.7. The summed E-state index contributed by atoms with van der Waals surface area (Å²) in [7, 11) is 8.60. The number of aryl methyl sites for hydroxylation is 4. The molecule has 11 aromatic heterocycles. The fourth-order valence-electron chi connectivity index (χ4n) is 15.6. The minimum absolute atomic E-state index is 0.569. The monoisotopic (exact) mass is 1270 g/mol. The molecule has 12 aromatic rings. The van der Waals surface area contributed by atoms with E-state index < -0.39 is 0 Å². The van der Waals surface area contributed by atoms with Crippen LogP contribution >= 0.6 is 34.0 Å². The first-order chi connectivity index (χ1) is 44.3. The van der Waals surface area contributed by atoms with Gasteiger partial charge in [-0.05, 0) is 152 Å². The van der Waals surface area contributed by atoms with Gasteiger partial charge in [-0.25, -0.2) is 24.9 Å². The third kappa shape index (κ3) is 11.9. The molecule has 0 spiro atoms. The SMILES string of the molecule is CN(c1nc2cnc(-c3ccc4nn(C)cc4c3)cc2s1)C1CC2CCCC(C1)N2.Cc1cn2cc(-c3cc4sc(N(C)C5CC6CCCC(C5)N6)nc4cn3)cc(C)c2n1.Cc1cn2cc(-c3cc4sc(N(C)C5CC6CCCC(C5)N6)nc4cn3)ccc2n1. The van der Waals surface area contributed by atoms with Gasteiger partial charge >= 0.3 is 0 Å². The van der Waals surface area contributed by atoms with Gasteiger partial charge in [0.1, 0.15) is 27.8 Å². The van der Waals surface area contributed by atoms with Crippen LogP contribution in [-0.4, -0.2) is 134 Å². The van der Waals surface area contributed by atoms with E-state index in [1.807, 2.05) is 62.6 Å². The number of hydrogen-bond donors (Lipinski definition) is 3. The van der Waals surface area contributed by atoms with E-state index in [1.54, 1.807) is 34.0 Å². The zero-order valence-corrected chi connectivity index (χ0v) is 55.5. The highest BCUT2D eigenvalue weighted by Crippen LogP contribution is 2.40. The first-order valence-corrected chi connectivity index (χ1v) is 35.3. The van der Waals surface area contributed by atoms with Crippen molar-refractivity contribution in [3.63, 3.8) is 0 Å². The van der Waals surface area contributed by atoms with Crippen molar-refractivity contribution in [3.8, 4) is 33.8 Å². The molecule has 468 valence electrons. The standard InChI is InChI=1S/C24H28N6S.2C23H26N6S/c1-14-7-16(13-30-12-15(2)26-23(14)30)20-10-22-21(11-25-20)28-24(31-22)29(3)19-8-17-5-4-6-18(9-19)27-17;1-28-13-15-8-14(6-7-19(15)27-28)20-11-22-21(12-24-20)26-23(30-22)29(2)18-9-16-4-3-5-17(10-18)25-16;1-14-12-29-13-15(6-7-22(29)25-14)19-10-21-20(11-24-19)27-23(30-21)28(2)18-8-16-4-3-5-17(9-18)26-16/h7,10-13,17-19,27H,4-6,8-9H2,1-3H3;6-8,11-13,16-18,25H,3-5,9-10H2,1-2H3;6-7,10-13,16-18,26H,3-5,8-9H2,1-2H3. The summed E-state index contributed by atoms with van der Waals surface area (Å²) in [5, 5.41) is 20.3. The van der Waals surface area contributed by atoms with E-state index in [-0.39, 0.29) is 0 Å². The Morgan fingerprint density at radius 2 is 0.868 bits per heavy atom. The molecular formula is C70H80N18S3. The minimum Gasteiger partial charge on any atom is -0.348 e. The topological polar surface area (TPSA) is 176 Å². The van der Waals surface area contributed by atoms with Crippen molar-refractivity contribution in [3.05, 3.63) is 121 Å². The number of piperidine rings is 6. The molecule has 6 aliphatic heterocycles. The minimum atomic E-state index is 0.569. The number of aromatic nitrogens is 12. The lowest BCUT2D eigenvalue weighted by molar-refractivity contribution is 0.219. The number of nitrogens with one attached hydrogen (secondary N) is 3.